The van der Waals surface area contributed by atoms with Crippen LogP contribution in [0, 0.1) is 5.41 Å². The number of hydrogen-bond donors (Lipinski definition) is 1. The summed E-state index contributed by atoms with van der Waals surface area (Å²) in [5, 5.41) is 0. The summed E-state index contributed by atoms with van der Waals surface area (Å²) in [5.41, 5.74) is 6.94. The van der Waals surface area contributed by atoms with E-state index in [4.69, 9.17) is 10.5 Å². The Morgan fingerprint density at radius 3 is 2.60 bits per heavy atom. The van der Waals surface area contributed by atoms with E-state index in [1.165, 1.54) is 0 Å². The van der Waals surface area contributed by atoms with Crippen LogP contribution in [0.1, 0.15) is 32.3 Å². The lowest BCUT2D eigenvalue weighted by molar-refractivity contribution is -0.135. The number of carbonyl (C=O) groups is 1. The van der Waals surface area contributed by atoms with Gasteiger partial charge in [0.2, 0.25) is 0 Å². The third-order valence-electron chi connectivity index (χ3n) is 4.01. The maximum Gasteiger partial charge on any atom is 0.260 e. The summed E-state index contributed by atoms with van der Waals surface area (Å²) in [7, 11) is 0. The molecule has 1 heterocycles. The van der Waals surface area contributed by atoms with Crippen LogP contribution in [0.15, 0.2) is 24.3 Å². The highest BCUT2D eigenvalue weighted by Gasteiger charge is 2.27. The molecular formula is C16H24N2O2. The number of amides is 1. The van der Waals surface area contributed by atoms with Crippen molar-refractivity contribution in [1.82, 2.24) is 4.90 Å². The van der Waals surface area contributed by atoms with E-state index in [-0.39, 0.29) is 12.5 Å². The standard InChI is InChI=1S/C16H24N2O2/c1-16(2)7-9-18(10-8-16)15(19)12-20-14-6-4-3-5-13(14)11-17/h3-6H,7-12,17H2,1-2H3. The van der Waals surface area contributed by atoms with Crippen molar-refractivity contribution in [3.05, 3.63) is 29.8 Å². The summed E-state index contributed by atoms with van der Waals surface area (Å²) in [6, 6.07) is 7.59. The highest BCUT2D eigenvalue weighted by atomic mass is 16.5. The van der Waals surface area contributed by atoms with E-state index >= 15 is 0 Å². The summed E-state index contributed by atoms with van der Waals surface area (Å²) in [6.45, 7) is 6.67. The third kappa shape index (κ3) is 3.73. The number of ether oxygens (including phenoxy) is 1. The number of para-hydroxylation sites is 1. The fourth-order valence-electron chi connectivity index (χ4n) is 2.41. The van der Waals surface area contributed by atoms with Gasteiger partial charge in [0.05, 0.1) is 0 Å². The molecule has 1 aliphatic heterocycles. The maximum absolute atomic E-state index is 12.2. The van der Waals surface area contributed by atoms with Crippen LogP contribution in [0.25, 0.3) is 0 Å². The van der Waals surface area contributed by atoms with Crippen LogP contribution in [0.3, 0.4) is 0 Å². The lowest BCUT2D eigenvalue weighted by Crippen LogP contribution is -2.43. The highest BCUT2D eigenvalue weighted by molar-refractivity contribution is 5.77. The first kappa shape index (κ1) is 14.9. The molecule has 0 aromatic heterocycles. The molecule has 110 valence electrons. The number of piperidine rings is 1. The van der Waals surface area contributed by atoms with Crippen molar-refractivity contribution in [2.24, 2.45) is 11.1 Å². The molecule has 0 atom stereocenters. The number of carbonyl (C=O) groups excluding carboxylic acids is 1. The normalized spacial score (nSPS) is 17.9. The second kappa shape index (κ2) is 6.27. The van der Waals surface area contributed by atoms with Crippen LogP contribution >= 0.6 is 0 Å². The molecule has 0 saturated carbocycles. The summed E-state index contributed by atoms with van der Waals surface area (Å²) >= 11 is 0. The molecule has 1 aromatic carbocycles. The third-order valence-corrected chi connectivity index (χ3v) is 4.01. The van der Waals surface area contributed by atoms with Crippen LogP contribution in [0.2, 0.25) is 0 Å². The maximum atomic E-state index is 12.2. The van der Waals surface area contributed by atoms with E-state index in [0.717, 1.165) is 31.5 Å². The average molecular weight is 276 g/mol. The minimum absolute atomic E-state index is 0.0623. The Morgan fingerprint density at radius 1 is 1.30 bits per heavy atom. The highest BCUT2D eigenvalue weighted by Crippen LogP contribution is 2.29. The van der Waals surface area contributed by atoms with Gasteiger partial charge in [-0.3, -0.25) is 4.79 Å². The second-order valence-corrected chi connectivity index (χ2v) is 6.15. The van der Waals surface area contributed by atoms with Gasteiger partial charge in [0.15, 0.2) is 6.61 Å². The second-order valence-electron chi connectivity index (χ2n) is 6.15. The average Bonchev–Trinajstić information content (AvgIpc) is 2.45. The van der Waals surface area contributed by atoms with E-state index in [1.54, 1.807) is 0 Å². The van der Waals surface area contributed by atoms with Crippen molar-refractivity contribution in [2.45, 2.75) is 33.2 Å². The molecule has 1 aromatic rings. The molecule has 2 rings (SSSR count). The van der Waals surface area contributed by atoms with Gasteiger partial charge in [0, 0.05) is 25.2 Å². The van der Waals surface area contributed by atoms with E-state index in [0.29, 0.717) is 17.7 Å². The number of hydrogen-bond acceptors (Lipinski definition) is 3. The van der Waals surface area contributed by atoms with Gasteiger partial charge in [-0.25, -0.2) is 0 Å². The minimum atomic E-state index is 0.0623. The quantitative estimate of drug-likeness (QED) is 0.917. The Balaban J connectivity index is 1.86. The van der Waals surface area contributed by atoms with E-state index in [9.17, 15) is 4.79 Å². The molecule has 4 nitrogen and oxygen atoms in total. The molecule has 4 heteroatoms. The Hall–Kier alpha value is -1.55. The van der Waals surface area contributed by atoms with Gasteiger partial charge in [-0.1, -0.05) is 32.0 Å². The van der Waals surface area contributed by atoms with Gasteiger partial charge in [0.1, 0.15) is 5.75 Å². The van der Waals surface area contributed by atoms with Crippen molar-refractivity contribution in [2.75, 3.05) is 19.7 Å². The van der Waals surface area contributed by atoms with E-state index in [1.807, 2.05) is 29.2 Å². The van der Waals surface area contributed by atoms with Gasteiger partial charge in [0.25, 0.3) is 5.91 Å². The molecule has 1 aliphatic rings. The summed E-state index contributed by atoms with van der Waals surface area (Å²) in [5.74, 6) is 0.771. The molecule has 0 radical (unpaired) electrons. The van der Waals surface area contributed by atoms with Gasteiger partial charge in [-0.2, -0.15) is 0 Å². The minimum Gasteiger partial charge on any atom is -0.483 e. The number of likely N-dealkylation sites (tertiary alicyclic amines) is 1. The smallest absolute Gasteiger partial charge is 0.260 e. The van der Waals surface area contributed by atoms with Crippen molar-refractivity contribution >= 4 is 5.91 Å². The number of rotatable bonds is 4. The Bertz CT molecular complexity index is 461. The van der Waals surface area contributed by atoms with Crippen LogP contribution in [0.4, 0.5) is 0 Å². The summed E-state index contributed by atoms with van der Waals surface area (Å²) < 4.78 is 5.62. The summed E-state index contributed by atoms with van der Waals surface area (Å²) in [6.07, 6.45) is 2.11. The zero-order valence-corrected chi connectivity index (χ0v) is 12.4. The molecule has 0 spiro atoms. The van der Waals surface area contributed by atoms with Crippen molar-refractivity contribution in [3.8, 4) is 5.75 Å². The lowest BCUT2D eigenvalue weighted by Gasteiger charge is -2.36. The number of nitrogens with zero attached hydrogens (tertiary/aromatic N) is 1. The molecule has 1 fully saturated rings. The Morgan fingerprint density at radius 2 is 1.95 bits per heavy atom. The van der Waals surface area contributed by atoms with Gasteiger partial charge in [-0.05, 0) is 24.3 Å². The van der Waals surface area contributed by atoms with Crippen LogP contribution in [0.5, 0.6) is 5.75 Å². The Labute approximate surface area is 120 Å². The molecule has 0 aliphatic carbocycles. The topological polar surface area (TPSA) is 55.6 Å². The predicted octanol–water partition coefficient (Wildman–Crippen LogP) is 2.17. The molecule has 0 bridgehead atoms. The molecular weight excluding hydrogens is 252 g/mol. The zero-order valence-electron chi connectivity index (χ0n) is 12.4. The van der Waals surface area contributed by atoms with Crippen LogP contribution < -0.4 is 10.5 Å². The van der Waals surface area contributed by atoms with Crippen LogP contribution in [-0.4, -0.2) is 30.5 Å². The van der Waals surface area contributed by atoms with Gasteiger partial charge in [-0.15, -0.1) is 0 Å². The number of benzene rings is 1. The van der Waals surface area contributed by atoms with Crippen LogP contribution in [-0.2, 0) is 11.3 Å². The number of nitrogens with two attached hydrogens (primary N) is 1. The lowest BCUT2D eigenvalue weighted by atomic mass is 9.83. The first-order valence-electron chi connectivity index (χ1n) is 7.20. The van der Waals surface area contributed by atoms with Gasteiger partial charge < -0.3 is 15.4 Å². The molecule has 20 heavy (non-hydrogen) atoms. The van der Waals surface area contributed by atoms with Crippen molar-refractivity contribution < 1.29 is 9.53 Å². The van der Waals surface area contributed by atoms with Crippen molar-refractivity contribution in [1.29, 1.82) is 0 Å². The predicted molar refractivity (Wildman–Crippen MR) is 79.4 cm³/mol. The van der Waals surface area contributed by atoms with Crippen molar-refractivity contribution in [3.63, 3.8) is 0 Å². The fourth-order valence-corrected chi connectivity index (χ4v) is 2.41. The molecule has 1 amide bonds. The summed E-state index contributed by atoms with van der Waals surface area (Å²) in [4.78, 5) is 14.1. The molecule has 1 saturated heterocycles. The largest absolute Gasteiger partial charge is 0.483 e. The molecule has 2 N–H and O–H groups in total. The first-order valence-corrected chi connectivity index (χ1v) is 7.20. The first-order chi connectivity index (χ1) is 9.52. The van der Waals surface area contributed by atoms with E-state index in [2.05, 4.69) is 13.8 Å². The van der Waals surface area contributed by atoms with E-state index < -0.39 is 0 Å². The van der Waals surface area contributed by atoms with Gasteiger partial charge >= 0.3 is 0 Å². The zero-order chi connectivity index (χ0) is 14.6. The monoisotopic (exact) mass is 276 g/mol. The SMILES string of the molecule is CC1(C)CCN(C(=O)COc2ccccc2CN)CC1. The fraction of sp³-hybridized carbons (Fsp3) is 0.562. The molecule has 0 unspecified atom stereocenters. The Kier molecular flexibility index (Phi) is 4.65.